The first-order chi connectivity index (χ1) is 9.52. The number of hydrogen-bond acceptors (Lipinski definition) is 4. The predicted molar refractivity (Wildman–Crippen MR) is 69.9 cm³/mol. The number of carbonyl (C=O) groups excluding carboxylic acids is 4. The largest absolute Gasteiger partial charge is 0.333 e. The van der Waals surface area contributed by atoms with Crippen LogP contribution in [0.5, 0.6) is 0 Å². The molecule has 0 aromatic heterocycles. The van der Waals surface area contributed by atoms with Crippen molar-refractivity contribution in [2.45, 2.75) is 12.8 Å². The van der Waals surface area contributed by atoms with Crippen molar-refractivity contribution >= 4 is 23.6 Å². The van der Waals surface area contributed by atoms with Crippen molar-refractivity contribution in [3.8, 4) is 0 Å². The highest BCUT2D eigenvalue weighted by Gasteiger charge is 2.41. The number of Topliss-reactive ketones (excluding diaryl/α,β-unsaturated/α-hetero) is 1. The Kier molecular flexibility index (Phi) is 3.93. The van der Waals surface area contributed by atoms with Crippen LogP contribution in [0.4, 0.5) is 4.79 Å². The first kappa shape index (κ1) is 13.9. The van der Waals surface area contributed by atoms with Gasteiger partial charge in [0, 0.05) is 25.6 Å². The zero-order valence-electron chi connectivity index (χ0n) is 11.0. The van der Waals surface area contributed by atoms with Gasteiger partial charge in [0.05, 0.1) is 0 Å². The number of urea groups is 1. The summed E-state index contributed by atoms with van der Waals surface area (Å²) < 4.78 is 0. The fraction of sp³-hybridized carbons (Fsp3) is 0.286. The number of ketones is 1. The molecule has 0 aliphatic carbocycles. The van der Waals surface area contributed by atoms with Crippen molar-refractivity contribution in [3.63, 3.8) is 0 Å². The highest BCUT2D eigenvalue weighted by molar-refractivity contribution is 6.44. The summed E-state index contributed by atoms with van der Waals surface area (Å²) in [6.07, 6.45) is 0.561. The summed E-state index contributed by atoms with van der Waals surface area (Å²) in [6.45, 7) is 0.0757. The lowest BCUT2D eigenvalue weighted by atomic mass is 10.1. The van der Waals surface area contributed by atoms with E-state index in [4.69, 9.17) is 0 Å². The number of nitrogens with zero attached hydrogens (tertiary/aromatic N) is 2. The van der Waals surface area contributed by atoms with Crippen molar-refractivity contribution < 1.29 is 19.2 Å². The van der Waals surface area contributed by atoms with Gasteiger partial charge in [-0.1, -0.05) is 30.3 Å². The first-order valence-corrected chi connectivity index (χ1v) is 6.24. The lowest BCUT2D eigenvalue weighted by Gasteiger charge is -2.12. The second-order valence-corrected chi connectivity index (χ2v) is 4.50. The van der Waals surface area contributed by atoms with Crippen molar-refractivity contribution in [2.75, 3.05) is 13.6 Å². The minimum atomic E-state index is -0.829. The van der Waals surface area contributed by atoms with E-state index in [0.717, 1.165) is 9.80 Å². The second kappa shape index (κ2) is 5.64. The molecular weight excluding hydrogens is 260 g/mol. The van der Waals surface area contributed by atoms with E-state index < -0.39 is 17.8 Å². The Morgan fingerprint density at radius 2 is 1.70 bits per heavy atom. The summed E-state index contributed by atoms with van der Waals surface area (Å²) in [4.78, 5) is 47.9. The summed E-state index contributed by atoms with van der Waals surface area (Å²) in [6, 6.07) is 8.16. The number of carbonyl (C=O) groups is 4. The van der Waals surface area contributed by atoms with Crippen molar-refractivity contribution in [3.05, 3.63) is 35.9 Å². The van der Waals surface area contributed by atoms with Crippen LogP contribution in [0.1, 0.15) is 23.2 Å². The van der Waals surface area contributed by atoms with Gasteiger partial charge in [-0.25, -0.2) is 4.79 Å². The Labute approximate surface area is 116 Å². The maximum absolute atomic E-state index is 11.8. The first-order valence-electron chi connectivity index (χ1n) is 6.24. The highest BCUT2D eigenvalue weighted by Crippen LogP contribution is 2.12. The normalized spacial score (nSPS) is 15.2. The molecule has 1 aliphatic rings. The molecule has 0 N–H and O–H groups in total. The molecule has 0 saturated carbocycles. The third-order valence-electron chi connectivity index (χ3n) is 3.13. The van der Waals surface area contributed by atoms with Gasteiger partial charge in [0.25, 0.3) is 0 Å². The van der Waals surface area contributed by atoms with E-state index in [1.807, 2.05) is 6.07 Å². The molecule has 0 atom stereocenters. The number of imide groups is 2. The summed E-state index contributed by atoms with van der Waals surface area (Å²) in [7, 11) is 1.26. The fourth-order valence-corrected chi connectivity index (χ4v) is 1.98. The molecule has 1 heterocycles. The van der Waals surface area contributed by atoms with Crippen LogP contribution in [0, 0.1) is 0 Å². The van der Waals surface area contributed by atoms with E-state index in [2.05, 4.69) is 0 Å². The van der Waals surface area contributed by atoms with Crippen LogP contribution in [0.2, 0.25) is 0 Å². The van der Waals surface area contributed by atoms with Gasteiger partial charge in [0.1, 0.15) is 0 Å². The molecule has 0 unspecified atom stereocenters. The van der Waals surface area contributed by atoms with Crippen molar-refractivity contribution in [1.29, 1.82) is 0 Å². The maximum Gasteiger partial charge on any atom is 0.333 e. The van der Waals surface area contributed by atoms with Crippen LogP contribution in [0.25, 0.3) is 0 Å². The van der Waals surface area contributed by atoms with Gasteiger partial charge < -0.3 is 0 Å². The molecule has 2 rings (SSSR count). The monoisotopic (exact) mass is 274 g/mol. The third kappa shape index (κ3) is 2.59. The zero-order chi connectivity index (χ0) is 14.7. The topological polar surface area (TPSA) is 74.8 Å². The van der Waals surface area contributed by atoms with Gasteiger partial charge in [-0.3, -0.25) is 24.2 Å². The average Bonchev–Trinajstić information content (AvgIpc) is 2.65. The molecule has 0 spiro atoms. The van der Waals surface area contributed by atoms with Gasteiger partial charge in [0.15, 0.2) is 5.78 Å². The molecule has 0 bridgehead atoms. The molecule has 1 fully saturated rings. The molecule has 1 saturated heterocycles. The number of benzene rings is 1. The Morgan fingerprint density at radius 1 is 1.05 bits per heavy atom. The molecule has 20 heavy (non-hydrogen) atoms. The molecule has 0 radical (unpaired) electrons. The lowest BCUT2D eigenvalue weighted by Crippen LogP contribution is -2.32. The average molecular weight is 274 g/mol. The lowest BCUT2D eigenvalue weighted by molar-refractivity contribution is -0.142. The maximum atomic E-state index is 11.8. The van der Waals surface area contributed by atoms with Crippen molar-refractivity contribution in [1.82, 2.24) is 9.80 Å². The summed E-state index contributed by atoms with van der Waals surface area (Å²) in [5.41, 5.74) is 0.597. The van der Waals surface area contributed by atoms with Gasteiger partial charge in [-0.15, -0.1) is 0 Å². The van der Waals surface area contributed by atoms with Gasteiger partial charge in [-0.05, 0) is 6.42 Å². The standard InChI is InChI=1S/C14H14N2O4/c1-15-12(18)13(19)16(14(15)20)9-5-8-11(17)10-6-3-2-4-7-10/h2-4,6-7H,5,8-9H2,1H3. The van der Waals surface area contributed by atoms with Crippen molar-refractivity contribution in [2.24, 2.45) is 0 Å². The van der Waals surface area contributed by atoms with Crippen LogP contribution in [-0.2, 0) is 9.59 Å². The van der Waals surface area contributed by atoms with Gasteiger partial charge in [0.2, 0.25) is 0 Å². The van der Waals surface area contributed by atoms with Crippen LogP contribution in [0.15, 0.2) is 30.3 Å². The fourth-order valence-electron chi connectivity index (χ4n) is 1.98. The zero-order valence-corrected chi connectivity index (χ0v) is 11.0. The van der Waals surface area contributed by atoms with Gasteiger partial charge >= 0.3 is 17.8 Å². The van der Waals surface area contributed by atoms with E-state index >= 15 is 0 Å². The third-order valence-corrected chi connectivity index (χ3v) is 3.13. The Morgan fingerprint density at radius 3 is 2.25 bits per heavy atom. The number of likely N-dealkylation sites (N-methyl/N-ethyl adjacent to an activating group) is 1. The van der Waals surface area contributed by atoms with E-state index in [9.17, 15) is 19.2 Å². The number of hydrogen-bond donors (Lipinski definition) is 0. The summed E-state index contributed by atoms with van der Waals surface area (Å²) in [5.74, 6) is -1.71. The molecule has 1 aromatic carbocycles. The number of amides is 4. The van der Waals surface area contributed by atoms with Crippen LogP contribution in [-0.4, -0.2) is 47.0 Å². The quantitative estimate of drug-likeness (QED) is 0.457. The SMILES string of the molecule is CN1C(=O)C(=O)N(CCCC(=O)c2ccccc2)C1=O. The molecule has 104 valence electrons. The van der Waals surface area contributed by atoms with E-state index in [0.29, 0.717) is 12.0 Å². The molecular formula is C14H14N2O4. The second-order valence-electron chi connectivity index (χ2n) is 4.50. The van der Waals surface area contributed by atoms with Crippen LogP contribution < -0.4 is 0 Å². The number of rotatable bonds is 5. The molecule has 4 amide bonds. The molecule has 1 aliphatic heterocycles. The molecule has 6 heteroatoms. The Hall–Kier alpha value is -2.50. The minimum Gasteiger partial charge on any atom is -0.294 e. The Balaban J connectivity index is 1.88. The smallest absolute Gasteiger partial charge is 0.294 e. The predicted octanol–water partition coefficient (Wildman–Crippen LogP) is 1.07. The van der Waals surface area contributed by atoms with E-state index in [1.165, 1.54) is 7.05 Å². The highest BCUT2D eigenvalue weighted by atomic mass is 16.2. The molecule has 6 nitrogen and oxygen atoms in total. The van der Waals surface area contributed by atoms with Crippen LogP contribution in [0.3, 0.4) is 0 Å². The van der Waals surface area contributed by atoms with E-state index in [-0.39, 0.29) is 18.7 Å². The Bertz CT molecular complexity index is 568. The van der Waals surface area contributed by atoms with Crippen LogP contribution >= 0.6 is 0 Å². The minimum absolute atomic E-state index is 0.0515. The van der Waals surface area contributed by atoms with E-state index in [1.54, 1.807) is 24.3 Å². The molecule has 1 aromatic rings. The summed E-state index contributed by atoms with van der Waals surface area (Å²) >= 11 is 0. The summed E-state index contributed by atoms with van der Waals surface area (Å²) in [5, 5.41) is 0. The van der Waals surface area contributed by atoms with Gasteiger partial charge in [-0.2, -0.15) is 0 Å².